The van der Waals surface area contributed by atoms with Crippen LogP contribution in [0.1, 0.15) is 38.4 Å². The summed E-state index contributed by atoms with van der Waals surface area (Å²) in [5.41, 5.74) is 0.697. The molecule has 1 amide bonds. The van der Waals surface area contributed by atoms with E-state index in [2.05, 4.69) is 11.9 Å². The van der Waals surface area contributed by atoms with Crippen LogP contribution in [0.5, 0.6) is 0 Å². The molecule has 0 saturated carbocycles. The first kappa shape index (κ1) is 13.4. The Kier molecular flexibility index (Phi) is 3.17. The van der Waals surface area contributed by atoms with Gasteiger partial charge in [0.2, 0.25) is 0 Å². The third kappa shape index (κ3) is 2.16. The van der Waals surface area contributed by atoms with E-state index in [-0.39, 0.29) is 11.6 Å². The summed E-state index contributed by atoms with van der Waals surface area (Å²) in [6.45, 7) is 5.50. The topological polar surface area (TPSA) is 45.7 Å². The fraction of sp³-hybridized carbons (Fsp3) is 0.600. The molecule has 108 valence electrons. The maximum absolute atomic E-state index is 11.9. The van der Waals surface area contributed by atoms with Crippen molar-refractivity contribution in [1.82, 2.24) is 9.88 Å². The number of carbonyl (C=O) groups excluding carboxylic acids is 1. The second-order valence-electron chi connectivity index (χ2n) is 6.26. The van der Waals surface area contributed by atoms with Crippen molar-refractivity contribution in [3.8, 4) is 0 Å². The first-order valence-electron chi connectivity index (χ1n) is 7.13. The van der Waals surface area contributed by atoms with E-state index in [1.54, 1.807) is 4.90 Å². The summed E-state index contributed by atoms with van der Waals surface area (Å²) in [6, 6.07) is 6.26. The van der Waals surface area contributed by atoms with Gasteiger partial charge in [-0.25, -0.2) is 9.78 Å². The van der Waals surface area contributed by atoms with Crippen molar-refractivity contribution < 1.29 is 9.53 Å². The molecule has 5 heteroatoms. The van der Waals surface area contributed by atoms with Crippen LogP contribution in [0.2, 0.25) is 0 Å². The van der Waals surface area contributed by atoms with Gasteiger partial charge in [-0.2, -0.15) is 0 Å². The van der Waals surface area contributed by atoms with Crippen LogP contribution in [0.4, 0.5) is 10.6 Å². The van der Waals surface area contributed by atoms with Gasteiger partial charge in [0.05, 0.1) is 17.3 Å². The largest absolute Gasteiger partial charge is 0.447 e. The molecule has 0 aliphatic carbocycles. The highest BCUT2D eigenvalue weighted by Crippen LogP contribution is 2.33. The number of amides is 1. The second-order valence-corrected chi connectivity index (χ2v) is 6.26. The fourth-order valence-electron chi connectivity index (χ4n) is 3.05. The van der Waals surface area contributed by atoms with Crippen LogP contribution in [0.25, 0.3) is 0 Å². The molecule has 0 N–H and O–H groups in total. The lowest BCUT2D eigenvalue weighted by Crippen LogP contribution is -2.42. The van der Waals surface area contributed by atoms with E-state index in [9.17, 15) is 4.79 Å². The van der Waals surface area contributed by atoms with Crippen LogP contribution in [-0.4, -0.2) is 41.7 Å². The van der Waals surface area contributed by atoms with E-state index < -0.39 is 0 Å². The van der Waals surface area contributed by atoms with Gasteiger partial charge in [-0.3, -0.25) is 9.80 Å². The second kappa shape index (κ2) is 4.74. The van der Waals surface area contributed by atoms with Crippen LogP contribution in [0.15, 0.2) is 18.2 Å². The zero-order valence-electron chi connectivity index (χ0n) is 12.3. The van der Waals surface area contributed by atoms with Crippen molar-refractivity contribution in [3.63, 3.8) is 0 Å². The molecule has 1 aromatic rings. The summed E-state index contributed by atoms with van der Waals surface area (Å²) in [7, 11) is 2.13. The Morgan fingerprint density at radius 1 is 1.40 bits per heavy atom. The van der Waals surface area contributed by atoms with Crippen molar-refractivity contribution in [2.75, 3.05) is 25.1 Å². The van der Waals surface area contributed by atoms with Crippen molar-refractivity contribution >= 4 is 11.9 Å². The van der Waals surface area contributed by atoms with Crippen LogP contribution in [0, 0.1) is 0 Å². The summed E-state index contributed by atoms with van der Waals surface area (Å²) in [6.07, 6.45) is 2.02. The highest BCUT2D eigenvalue weighted by molar-refractivity contribution is 5.90. The molecule has 0 spiro atoms. The first-order chi connectivity index (χ1) is 9.49. The van der Waals surface area contributed by atoms with Gasteiger partial charge in [-0.15, -0.1) is 0 Å². The molecule has 3 rings (SSSR count). The molecule has 2 saturated heterocycles. The van der Waals surface area contributed by atoms with Gasteiger partial charge in [0, 0.05) is 0 Å². The van der Waals surface area contributed by atoms with E-state index in [0.717, 1.165) is 18.7 Å². The molecular formula is C15H21N3O2. The Balaban J connectivity index is 1.93. The molecule has 0 aromatic carbocycles. The summed E-state index contributed by atoms with van der Waals surface area (Å²) >= 11 is 0. The Hall–Kier alpha value is -1.62. The lowest BCUT2D eigenvalue weighted by atomic mass is 10.1. The standard InChI is InChI=1S/C15H21N3O2/c1-15(2)10-20-14(19)18(15)13-8-4-6-11(16-13)12-7-5-9-17(12)3/h4,6,8,12H,5,7,9-10H2,1-3H3/t12-/m1/s1. The van der Waals surface area contributed by atoms with Gasteiger partial charge in [0.25, 0.3) is 0 Å². The van der Waals surface area contributed by atoms with E-state index in [1.807, 2.05) is 32.0 Å². The van der Waals surface area contributed by atoms with Gasteiger partial charge in [0.1, 0.15) is 12.4 Å². The number of cyclic esters (lactones) is 1. The van der Waals surface area contributed by atoms with Gasteiger partial charge in [-0.05, 0) is 52.4 Å². The number of ether oxygens (including phenoxy) is 1. The lowest BCUT2D eigenvalue weighted by molar-refractivity contribution is 0.175. The fourth-order valence-corrected chi connectivity index (χ4v) is 3.05. The number of likely N-dealkylation sites (tertiary alicyclic amines) is 1. The van der Waals surface area contributed by atoms with Crippen LogP contribution < -0.4 is 4.90 Å². The first-order valence-corrected chi connectivity index (χ1v) is 7.13. The maximum Gasteiger partial charge on any atom is 0.416 e. The van der Waals surface area contributed by atoms with E-state index in [1.165, 1.54) is 6.42 Å². The molecule has 0 unspecified atom stereocenters. The molecule has 20 heavy (non-hydrogen) atoms. The molecule has 0 radical (unpaired) electrons. The Bertz CT molecular complexity index is 530. The van der Waals surface area contributed by atoms with Crippen molar-refractivity contribution in [2.24, 2.45) is 0 Å². The minimum Gasteiger partial charge on any atom is -0.447 e. The van der Waals surface area contributed by atoms with Crippen LogP contribution in [0.3, 0.4) is 0 Å². The molecule has 5 nitrogen and oxygen atoms in total. The van der Waals surface area contributed by atoms with Crippen molar-refractivity contribution in [2.45, 2.75) is 38.3 Å². The minimum atomic E-state index is -0.343. The summed E-state index contributed by atoms with van der Waals surface area (Å²) in [4.78, 5) is 20.6. The number of aromatic nitrogens is 1. The zero-order chi connectivity index (χ0) is 14.3. The minimum absolute atomic E-state index is 0.306. The number of carbonyl (C=O) groups is 1. The van der Waals surface area contributed by atoms with Gasteiger partial charge in [-0.1, -0.05) is 6.07 Å². The van der Waals surface area contributed by atoms with Crippen LogP contribution in [-0.2, 0) is 4.74 Å². The smallest absolute Gasteiger partial charge is 0.416 e. The molecule has 3 heterocycles. The highest BCUT2D eigenvalue weighted by atomic mass is 16.6. The number of anilines is 1. The van der Waals surface area contributed by atoms with Gasteiger partial charge >= 0.3 is 6.09 Å². The predicted molar refractivity (Wildman–Crippen MR) is 76.7 cm³/mol. The summed E-state index contributed by atoms with van der Waals surface area (Å²) < 4.78 is 5.16. The molecule has 2 fully saturated rings. The molecule has 2 aliphatic heterocycles. The van der Waals surface area contributed by atoms with E-state index >= 15 is 0 Å². The molecule has 0 bridgehead atoms. The van der Waals surface area contributed by atoms with E-state index in [4.69, 9.17) is 9.72 Å². The third-order valence-electron chi connectivity index (χ3n) is 4.18. The van der Waals surface area contributed by atoms with Crippen molar-refractivity contribution in [3.05, 3.63) is 23.9 Å². The summed E-state index contributed by atoms with van der Waals surface area (Å²) in [5.74, 6) is 0.690. The number of rotatable bonds is 2. The lowest BCUT2D eigenvalue weighted by Gasteiger charge is -2.28. The Morgan fingerprint density at radius 3 is 2.80 bits per heavy atom. The highest BCUT2D eigenvalue weighted by Gasteiger charge is 2.42. The SMILES string of the molecule is CN1CCC[C@@H]1c1cccc(N2C(=O)OCC2(C)C)n1. The quantitative estimate of drug-likeness (QED) is 0.832. The zero-order valence-corrected chi connectivity index (χ0v) is 12.3. The number of hydrogen-bond donors (Lipinski definition) is 0. The number of hydrogen-bond acceptors (Lipinski definition) is 4. The third-order valence-corrected chi connectivity index (χ3v) is 4.18. The Labute approximate surface area is 119 Å². The maximum atomic E-state index is 11.9. The van der Waals surface area contributed by atoms with E-state index in [0.29, 0.717) is 18.5 Å². The molecule has 2 aliphatic rings. The number of pyridine rings is 1. The van der Waals surface area contributed by atoms with Crippen LogP contribution >= 0.6 is 0 Å². The summed E-state index contributed by atoms with van der Waals surface area (Å²) in [5, 5.41) is 0. The molecule has 1 aromatic heterocycles. The average molecular weight is 275 g/mol. The number of nitrogens with zero attached hydrogens (tertiary/aromatic N) is 3. The average Bonchev–Trinajstić information content (AvgIpc) is 2.93. The van der Waals surface area contributed by atoms with Crippen molar-refractivity contribution in [1.29, 1.82) is 0 Å². The molecular weight excluding hydrogens is 254 g/mol. The predicted octanol–water partition coefficient (Wildman–Crippen LogP) is 2.58. The van der Waals surface area contributed by atoms with Gasteiger partial charge in [0.15, 0.2) is 0 Å². The monoisotopic (exact) mass is 275 g/mol. The van der Waals surface area contributed by atoms with Gasteiger partial charge < -0.3 is 4.74 Å². The Morgan fingerprint density at radius 2 is 2.20 bits per heavy atom. The molecule has 1 atom stereocenters. The normalized spacial score (nSPS) is 26.1.